The maximum atomic E-state index is 4.58. The summed E-state index contributed by atoms with van der Waals surface area (Å²) in [6.07, 6.45) is 5.64. The van der Waals surface area contributed by atoms with E-state index < -0.39 is 0 Å². The molecule has 0 bridgehead atoms. The maximum absolute atomic E-state index is 4.58. The van der Waals surface area contributed by atoms with Crippen molar-refractivity contribution in [2.45, 2.75) is 32.9 Å². The summed E-state index contributed by atoms with van der Waals surface area (Å²) in [5.41, 5.74) is 1.35. The van der Waals surface area contributed by atoms with Crippen molar-refractivity contribution >= 4 is 5.96 Å². The minimum Gasteiger partial charge on any atom is -0.356 e. The number of nitrogens with one attached hydrogen (secondary N) is 2. The zero-order valence-electron chi connectivity index (χ0n) is 14.3. The Kier molecular flexibility index (Phi) is 7.53. The number of rotatable bonds is 9. The monoisotopic (exact) mass is 326 g/mol. The van der Waals surface area contributed by atoms with E-state index in [2.05, 4.69) is 63.6 Å². The molecule has 1 heterocycles. The number of nitrogens with zero attached hydrogens (tertiary/aromatic N) is 4. The largest absolute Gasteiger partial charge is 0.356 e. The SMILES string of the molecule is C=CCNC(=NCc1nncn1CC)NCCCc1ccccc1. The van der Waals surface area contributed by atoms with Crippen LogP contribution in [0.25, 0.3) is 0 Å². The fourth-order valence-electron chi connectivity index (χ4n) is 2.30. The van der Waals surface area contributed by atoms with Gasteiger partial charge in [0, 0.05) is 19.6 Å². The van der Waals surface area contributed by atoms with Crippen LogP contribution in [-0.4, -0.2) is 33.8 Å². The van der Waals surface area contributed by atoms with E-state index in [1.165, 1.54) is 5.56 Å². The third kappa shape index (κ3) is 5.87. The maximum Gasteiger partial charge on any atom is 0.191 e. The second-order valence-electron chi connectivity index (χ2n) is 5.38. The van der Waals surface area contributed by atoms with Gasteiger partial charge in [-0.25, -0.2) is 4.99 Å². The number of guanidine groups is 1. The summed E-state index contributed by atoms with van der Waals surface area (Å²) in [5, 5.41) is 14.6. The van der Waals surface area contributed by atoms with Crippen LogP contribution in [0.3, 0.4) is 0 Å². The zero-order chi connectivity index (χ0) is 17.0. The van der Waals surface area contributed by atoms with Crippen LogP contribution in [0.2, 0.25) is 0 Å². The molecule has 0 atom stereocenters. The van der Waals surface area contributed by atoms with Crippen molar-refractivity contribution in [2.24, 2.45) is 4.99 Å². The molecule has 2 rings (SSSR count). The topological polar surface area (TPSA) is 67.1 Å². The molecule has 0 unspecified atom stereocenters. The lowest BCUT2D eigenvalue weighted by molar-refractivity contribution is 0.692. The van der Waals surface area contributed by atoms with E-state index in [-0.39, 0.29) is 0 Å². The van der Waals surface area contributed by atoms with Crippen molar-refractivity contribution < 1.29 is 0 Å². The predicted molar refractivity (Wildman–Crippen MR) is 97.8 cm³/mol. The normalized spacial score (nSPS) is 11.3. The molecular formula is C18H26N6. The standard InChI is InChI=1S/C18H26N6/c1-3-12-19-18(21-14-17-23-22-15-24(17)4-2)20-13-8-11-16-9-6-5-7-10-16/h3,5-7,9-10,15H,1,4,8,11-14H2,2H3,(H2,19,20,21). The van der Waals surface area contributed by atoms with E-state index in [0.717, 1.165) is 37.7 Å². The second-order valence-corrected chi connectivity index (χ2v) is 5.38. The van der Waals surface area contributed by atoms with E-state index in [1.54, 1.807) is 6.33 Å². The number of aryl methyl sites for hydroxylation is 2. The summed E-state index contributed by atoms with van der Waals surface area (Å²) >= 11 is 0. The molecule has 24 heavy (non-hydrogen) atoms. The summed E-state index contributed by atoms with van der Waals surface area (Å²) < 4.78 is 1.99. The first-order chi connectivity index (χ1) is 11.8. The first-order valence-corrected chi connectivity index (χ1v) is 8.37. The predicted octanol–water partition coefficient (Wildman–Crippen LogP) is 2.15. The quantitative estimate of drug-likeness (QED) is 0.321. The van der Waals surface area contributed by atoms with Crippen molar-refractivity contribution in [3.05, 3.63) is 60.7 Å². The van der Waals surface area contributed by atoms with Gasteiger partial charge < -0.3 is 15.2 Å². The van der Waals surface area contributed by atoms with Gasteiger partial charge in [0.2, 0.25) is 0 Å². The molecule has 0 fully saturated rings. The first-order valence-electron chi connectivity index (χ1n) is 8.37. The lowest BCUT2D eigenvalue weighted by Crippen LogP contribution is -2.38. The summed E-state index contributed by atoms with van der Waals surface area (Å²) in [7, 11) is 0. The van der Waals surface area contributed by atoms with Gasteiger partial charge in [-0.3, -0.25) is 0 Å². The van der Waals surface area contributed by atoms with Crippen LogP contribution >= 0.6 is 0 Å². The molecule has 6 nitrogen and oxygen atoms in total. The minimum atomic E-state index is 0.499. The van der Waals surface area contributed by atoms with Crippen molar-refractivity contribution in [3.63, 3.8) is 0 Å². The third-order valence-corrected chi connectivity index (χ3v) is 3.61. The molecule has 0 amide bonds. The fourth-order valence-corrected chi connectivity index (χ4v) is 2.30. The average molecular weight is 326 g/mol. The van der Waals surface area contributed by atoms with Crippen LogP contribution < -0.4 is 10.6 Å². The number of hydrogen-bond donors (Lipinski definition) is 2. The first kappa shape index (κ1) is 17.7. The van der Waals surface area contributed by atoms with Gasteiger partial charge in [0.25, 0.3) is 0 Å². The Bertz CT molecular complexity index is 632. The molecule has 0 aliphatic carbocycles. The Balaban J connectivity index is 1.83. The van der Waals surface area contributed by atoms with Gasteiger partial charge in [-0.1, -0.05) is 36.4 Å². The molecule has 0 saturated heterocycles. The number of hydrogen-bond acceptors (Lipinski definition) is 3. The lowest BCUT2D eigenvalue weighted by atomic mass is 10.1. The molecule has 0 spiro atoms. The summed E-state index contributed by atoms with van der Waals surface area (Å²) in [4.78, 5) is 4.58. The smallest absolute Gasteiger partial charge is 0.191 e. The number of benzene rings is 1. The van der Waals surface area contributed by atoms with Gasteiger partial charge in [-0.15, -0.1) is 16.8 Å². The molecule has 2 N–H and O–H groups in total. The highest BCUT2D eigenvalue weighted by Gasteiger charge is 2.03. The number of aromatic nitrogens is 3. The molecule has 6 heteroatoms. The fraction of sp³-hybridized carbons (Fsp3) is 0.389. The highest BCUT2D eigenvalue weighted by Crippen LogP contribution is 2.01. The van der Waals surface area contributed by atoms with Crippen LogP contribution in [-0.2, 0) is 19.5 Å². The van der Waals surface area contributed by atoms with E-state index in [0.29, 0.717) is 13.1 Å². The van der Waals surface area contributed by atoms with E-state index in [4.69, 9.17) is 0 Å². The van der Waals surface area contributed by atoms with Crippen LogP contribution in [0.1, 0.15) is 24.7 Å². The van der Waals surface area contributed by atoms with Crippen LogP contribution in [0.15, 0.2) is 54.3 Å². The lowest BCUT2D eigenvalue weighted by Gasteiger charge is -2.11. The van der Waals surface area contributed by atoms with Gasteiger partial charge in [-0.2, -0.15) is 0 Å². The molecular weight excluding hydrogens is 300 g/mol. The Hall–Kier alpha value is -2.63. The summed E-state index contributed by atoms with van der Waals surface area (Å²) in [6.45, 7) is 8.67. The zero-order valence-corrected chi connectivity index (χ0v) is 14.3. The van der Waals surface area contributed by atoms with Crippen molar-refractivity contribution in [1.82, 2.24) is 25.4 Å². The Morgan fingerprint density at radius 2 is 2.12 bits per heavy atom. The Morgan fingerprint density at radius 3 is 2.88 bits per heavy atom. The van der Waals surface area contributed by atoms with Crippen LogP contribution in [0.4, 0.5) is 0 Å². The molecule has 128 valence electrons. The van der Waals surface area contributed by atoms with E-state index in [9.17, 15) is 0 Å². The van der Waals surface area contributed by atoms with E-state index in [1.807, 2.05) is 16.7 Å². The molecule has 0 radical (unpaired) electrons. The molecule has 2 aromatic rings. The van der Waals surface area contributed by atoms with Crippen molar-refractivity contribution in [3.8, 4) is 0 Å². The highest BCUT2D eigenvalue weighted by atomic mass is 15.3. The van der Waals surface area contributed by atoms with Gasteiger partial charge in [0.05, 0.1) is 0 Å². The summed E-state index contributed by atoms with van der Waals surface area (Å²) in [6, 6.07) is 10.5. The van der Waals surface area contributed by atoms with Gasteiger partial charge >= 0.3 is 0 Å². The molecule has 1 aromatic carbocycles. The van der Waals surface area contributed by atoms with E-state index >= 15 is 0 Å². The van der Waals surface area contributed by atoms with Gasteiger partial charge in [0.15, 0.2) is 11.8 Å². The second kappa shape index (κ2) is 10.2. The molecule has 1 aromatic heterocycles. The average Bonchev–Trinajstić information content (AvgIpc) is 3.08. The molecule has 0 saturated carbocycles. The van der Waals surface area contributed by atoms with Crippen molar-refractivity contribution in [2.75, 3.05) is 13.1 Å². The van der Waals surface area contributed by atoms with Crippen LogP contribution in [0.5, 0.6) is 0 Å². The molecule has 0 aliphatic rings. The van der Waals surface area contributed by atoms with Crippen molar-refractivity contribution in [1.29, 1.82) is 0 Å². The minimum absolute atomic E-state index is 0.499. The van der Waals surface area contributed by atoms with Crippen LogP contribution in [0, 0.1) is 0 Å². The number of aliphatic imine (C=N–C) groups is 1. The van der Waals surface area contributed by atoms with Gasteiger partial charge in [0.1, 0.15) is 12.9 Å². The third-order valence-electron chi connectivity index (χ3n) is 3.61. The molecule has 0 aliphatic heterocycles. The Labute approximate surface area is 143 Å². The summed E-state index contributed by atoms with van der Waals surface area (Å²) in [5.74, 6) is 1.63. The Morgan fingerprint density at radius 1 is 1.29 bits per heavy atom. The highest BCUT2D eigenvalue weighted by molar-refractivity contribution is 5.79. The van der Waals surface area contributed by atoms with Gasteiger partial charge in [-0.05, 0) is 25.3 Å².